The van der Waals surface area contributed by atoms with Crippen LogP contribution in [0.4, 0.5) is 0 Å². The van der Waals surface area contributed by atoms with Crippen LogP contribution >= 0.6 is 15.6 Å². The zero-order valence-corrected chi connectivity index (χ0v) is 15.9. The van der Waals surface area contributed by atoms with Crippen molar-refractivity contribution in [3.05, 3.63) is 0 Å². The molecule has 0 spiro atoms. The SMILES string of the molecule is CCCCCCCOP(=O)(O)OC1CC(C)OC1COP(=O)(O)O. The van der Waals surface area contributed by atoms with Crippen LogP contribution < -0.4 is 0 Å². The molecular weight excluding hydrogens is 362 g/mol. The Morgan fingerprint density at radius 3 is 2.38 bits per heavy atom. The molecule has 24 heavy (non-hydrogen) atoms. The van der Waals surface area contributed by atoms with Crippen LogP contribution in [0.2, 0.25) is 0 Å². The lowest BCUT2D eigenvalue weighted by atomic mass is 10.1. The number of rotatable bonds is 12. The summed E-state index contributed by atoms with van der Waals surface area (Å²) in [7, 11) is -8.90. The van der Waals surface area contributed by atoms with Gasteiger partial charge in [0.15, 0.2) is 0 Å². The zero-order valence-electron chi connectivity index (χ0n) is 14.1. The van der Waals surface area contributed by atoms with E-state index in [0.29, 0.717) is 12.8 Å². The maximum Gasteiger partial charge on any atom is 0.472 e. The molecule has 0 aromatic carbocycles. The number of hydrogen-bond acceptors (Lipinski definition) is 6. The van der Waals surface area contributed by atoms with Crippen molar-refractivity contribution in [2.24, 2.45) is 0 Å². The van der Waals surface area contributed by atoms with E-state index in [4.69, 9.17) is 23.6 Å². The lowest BCUT2D eigenvalue weighted by molar-refractivity contribution is -0.0188. The lowest BCUT2D eigenvalue weighted by Crippen LogP contribution is -2.28. The minimum atomic E-state index is -4.65. The Morgan fingerprint density at radius 2 is 1.75 bits per heavy atom. The molecule has 0 aromatic heterocycles. The number of ether oxygens (including phenoxy) is 1. The molecule has 3 N–H and O–H groups in total. The summed E-state index contributed by atoms with van der Waals surface area (Å²) in [5, 5.41) is 0. The molecule has 4 unspecified atom stereocenters. The second kappa shape index (κ2) is 10.4. The van der Waals surface area contributed by atoms with E-state index in [0.717, 1.165) is 25.7 Å². The van der Waals surface area contributed by atoms with Crippen molar-refractivity contribution >= 4 is 15.6 Å². The van der Waals surface area contributed by atoms with Crippen LogP contribution in [-0.2, 0) is 27.4 Å². The van der Waals surface area contributed by atoms with Gasteiger partial charge in [0, 0.05) is 6.42 Å². The normalized spacial score (nSPS) is 27.3. The van der Waals surface area contributed by atoms with Crippen molar-refractivity contribution in [1.29, 1.82) is 0 Å². The number of phosphoric acid groups is 2. The Balaban J connectivity index is 2.39. The molecule has 0 saturated carbocycles. The maximum atomic E-state index is 12.0. The maximum absolute atomic E-state index is 12.0. The summed E-state index contributed by atoms with van der Waals surface area (Å²) in [5.41, 5.74) is 0. The molecule has 1 saturated heterocycles. The van der Waals surface area contributed by atoms with Gasteiger partial charge in [0.05, 0.1) is 19.3 Å². The van der Waals surface area contributed by atoms with Crippen LogP contribution in [0.3, 0.4) is 0 Å². The van der Waals surface area contributed by atoms with Crippen LogP contribution in [0.5, 0.6) is 0 Å². The first-order valence-corrected chi connectivity index (χ1v) is 11.2. The molecule has 0 radical (unpaired) electrons. The van der Waals surface area contributed by atoms with Crippen molar-refractivity contribution in [2.75, 3.05) is 13.2 Å². The van der Waals surface area contributed by atoms with Gasteiger partial charge in [-0.25, -0.2) is 9.13 Å². The van der Waals surface area contributed by atoms with E-state index in [1.54, 1.807) is 6.92 Å². The Bertz CT molecular complexity index is 453. The molecule has 144 valence electrons. The summed E-state index contributed by atoms with van der Waals surface area (Å²) in [4.78, 5) is 27.2. The molecule has 0 aliphatic carbocycles. The van der Waals surface area contributed by atoms with Gasteiger partial charge in [-0.05, 0) is 13.3 Å². The highest BCUT2D eigenvalue weighted by Crippen LogP contribution is 2.48. The molecule has 1 fully saturated rings. The van der Waals surface area contributed by atoms with Crippen molar-refractivity contribution in [1.82, 2.24) is 0 Å². The van der Waals surface area contributed by atoms with Gasteiger partial charge in [-0.2, -0.15) is 0 Å². The van der Waals surface area contributed by atoms with E-state index in [1.165, 1.54) is 0 Å². The van der Waals surface area contributed by atoms with Crippen LogP contribution in [-0.4, -0.2) is 46.2 Å². The van der Waals surface area contributed by atoms with E-state index in [2.05, 4.69) is 11.4 Å². The Kier molecular flexibility index (Phi) is 9.59. The fourth-order valence-electron chi connectivity index (χ4n) is 2.44. The number of hydrogen-bond donors (Lipinski definition) is 3. The van der Waals surface area contributed by atoms with Gasteiger partial charge in [-0.1, -0.05) is 32.6 Å². The molecule has 1 heterocycles. The summed E-state index contributed by atoms with van der Waals surface area (Å²) in [5.74, 6) is 0. The fraction of sp³-hybridized carbons (Fsp3) is 1.00. The van der Waals surface area contributed by atoms with Crippen molar-refractivity contribution < 1.29 is 42.1 Å². The van der Waals surface area contributed by atoms with Gasteiger partial charge in [-0.15, -0.1) is 0 Å². The third-order valence-electron chi connectivity index (χ3n) is 3.56. The summed E-state index contributed by atoms with van der Waals surface area (Å²) in [6.45, 7) is 3.51. The van der Waals surface area contributed by atoms with Crippen molar-refractivity contribution in [3.63, 3.8) is 0 Å². The molecule has 0 aromatic rings. The Morgan fingerprint density at radius 1 is 1.08 bits per heavy atom. The topological polar surface area (TPSA) is 132 Å². The van der Waals surface area contributed by atoms with E-state index in [1.807, 2.05) is 0 Å². The largest absolute Gasteiger partial charge is 0.472 e. The molecule has 1 aliphatic heterocycles. The second-order valence-corrected chi connectivity index (χ2v) is 8.51. The molecule has 9 nitrogen and oxygen atoms in total. The van der Waals surface area contributed by atoms with E-state index >= 15 is 0 Å². The van der Waals surface area contributed by atoms with Crippen molar-refractivity contribution in [2.45, 2.75) is 70.7 Å². The quantitative estimate of drug-likeness (QED) is 0.340. The van der Waals surface area contributed by atoms with Crippen LogP contribution in [0.15, 0.2) is 0 Å². The fourth-order valence-corrected chi connectivity index (χ4v) is 3.76. The van der Waals surface area contributed by atoms with E-state index in [9.17, 15) is 14.0 Å². The summed E-state index contributed by atoms with van der Waals surface area (Å²) in [6, 6.07) is 0. The highest BCUT2D eigenvalue weighted by atomic mass is 31.2. The highest BCUT2D eigenvalue weighted by Gasteiger charge is 2.40. The smallest absolute Gasteiger partial charge is 0.370 e. The van der Waals surface area contributed by atoms with Crippen LogP contribution in [0.25, 0.3) is 0 Å². The summed E-state index contributed by atoms with van der Waals surface area (Å²) >= 11 is 0. The van der Waals surface area contributed by atoms with Gasteiger partial charge in [-0.3, -0.25) is 13.6 Å². The molecule has 1 rings (SSSR count). The molecule has 1 aliphatic rings. The molecule has 11 heteroatoms. The third kappa shape index (κ3) is 9.61. The lowest BCUT2D eigenvalue weighted by Gasteiger charge is -2.21. The van der Waals surface area contributed by atoms with Gasteiger partial charge < -0.3 is 19.4 Å². The predicted octanol–water partition coefficient (Wildman–Crippen LogP) is 2.75. The highest BCUT2D eigenvalue weighted by molar-refractivity contribution is 7.47. The first-order chi connectivity index (χ1) is 11.1. The van der Waals surface area contributed by atoms with Gasteiger partial charge in [0.1, 0.15) is 12.2 Å². The van der Waals surface area contributed by atoms with Crippen LogP contribution in [0.1, 0.15) is 52.4 Å². The monoisotopic (exact) mass is 390 g/mol. The van der Waals surface area contributed by atoms with Gasteiger partial charge in [0.25, 0.3) is 0 Å². The number of unbranched alkanes of at least 4 members (excludes halogenated alkanes) is 4. The minimum Gasteiger partial charge on any atom is -0.370 e. The standard InChI is InChI=1S/C13H28O9P2/c1-3-4-5-6-7-8-19-24(17,18)22-12-9-11(2)21-13(12)10-20-23(14,15)16/h11-13H,3-10H2,1-2H3,(H,17,18)(H2,14,15,16). The van der Waals surface area contributed by atoms with Crippen molar-refractivity contribution in [3.8, 4) is 0 Å². The Labute approximate surface area is 142 Å². The van der Waals surface area contributed by atoms with Gasteiger partial charge in [0.2, 0.25) is 0 Å². The third-order valence-corrected chi connectivity index (χ3v) is 5.10. The zero-order chi connectivity index (χ0) is 18.2. The molecular formula is C13H28O9P2. The summed E-state index contributed by atoms with van der Waals surface area (Å²) in [6.07, 6.45) is 3.20. The first-order valence-electron chi connectivity index (χ1n) is 8.14. The predicted molar refractivity (Wildman–Crippen MR) is 86.4 cm³/mol. The average Bonchev–Trinajstić information content (AvgIpc) is 2.79. The second-order valence-electron chi connectivity index (χ2n) is 5.87. The summed E-state index contributed by atoms with van der Waals surface area (Å²) < 4.78 is 42.6. The average molecular weight is 390 g/mol. The minimum absolute atomic E-state index is 0.115. The number of phosphoric ester groups is 2. The van der Waals surface area contributed by atoms with Crippen LogP contribution in [0, 0.1) is 0 Å². The first kappa shape index (κ1) is 22.2. The van der Waals surface area contributed by atoms with E-state index < -0.39 is 34.5 Å². The van der Waals surface area contributed by atoms with Gasteiger partial charge >= 0.3 is 15.6 Å². The molecule has 4 atom stereocenters. The molecule has 0 amide bonds. The van der Waals surface area contributed by atoms with E-state index in [-0.39, 0.29) is 12.7 Å². The molecule has 0 bridgehead atoms. The Hall–Kier alpha value is 0.180.